The van der Waals surface area contributed by atoms with Crippen molar-refractivity contribution in [3.63, 3.8) is 0 Å². The molecule has 0 saturated carbocycles. The number of nitrogens with zero attached hydrogens (tertiary/aromatic N) is 2. The van der Waals surface area contributed by atoms with Gasteiger partial charge in [-0.3, -0.25) is 9.59 Å². The van der Waals surface area contributed by atoms with Crippen LogP contribution in [0.5, 0.6) is 0 Å². The fourth-order valence-corrected chi connectivity index (χ4v) is 2.88. The molecule has 0 aliphatic rings. The van der Waals surface area contributed by atoms with Gasteiger partial charge in [0.05, 0.1) is 22.8 Å². The van der Waals surface area contributed by atoms with Crippen molar-refractivity contribution in [2.45, 2.75) is 27.3 Å². The minimum Gasteiger partial charge on any atom is -0.462 e. The summed E-state index contributed by atoms with van der Waals surface area (Å²) in [7, 11) is 0. The van der Waals surface area contributed by atoms with Crippen molar-refractivity contribution in [2.24, 2.45) is 0 Å². The Bertz CT molecular complexity index is 991. The number of carbonyl (C=O) groups excluding carboxylic acids is 3. The van der Waals surface area contributed by atoms with Gasteiger partial charge in [-0.2, -0.15) is 5.26 Å². The normalized spacial score (nSPS) is 10.2. The summed E-state index contributed by atoms with van der Waals surface area (Å²) in [5.74, 6) is -1.64. The van der Waals surface area contributed by atoms with E-state index in [1.54, 1.807) is 31.4 Å². The van der Waals surface area contributed by atoms with E-state index in [4.69, 9.17) is 26.3 Å². The van der Waals surface area contributed by atoms with E-state index in [1.165, 1.54) is 18.2 Å². The third-order valence-electron chi connectivity index (χ3n) is 4.09. The number of benzene rings is 1. The number of amides is 1. The molecule has 0 aliphatic carbocycles. The third-order valence-corrected chi connectivity index (χ3v) is 4.41. The highest BCUT2D eigenvalue weighted by Gasteiger charge is 2.19. The Labute approximate surface area is 173 Å². The van der Waals surface area contributed by atoms with Gasteiger partial charge in [0, 0.05) is 17.1 Å². The molecule has 1 aromatic heterocycles. The molecule has 0 spiro atoms. The van der Waals surface area contributed by atoms with E-state index in [0.717, 1.165) is 0 Å². The molecule has 2 rings (SSSR count). The number of hydrogen-bond acceptors (Lipinski definition) is 6. The van der Waals surface area contributed by atoms with Crippen LogP contribution in [0.25, 0.3) is 0 Å². The molecule has 0 bridgehead atoms. The fraction of sp³-hybridized carbons (Fsp3) is 0.300. The maximum Gasteiger partial charge on any atom is 0.339 e. The molecule has 0 aliphatic heterocycles. The van der Waals surface area contributed by atoms with Crippen LogP contribution in [0.15, 0.2) is 24.3 Å². The lowest BCUT2D eigenvalue weighted by Gasteiger charge is -2.10. The Morgan fingerprint density at radius 1 is 1.21 bits per heavy atom. The van der Waals surface area contributed by atoms with Gasteiger partial charge in [0.2, 0.25) is 0 Å². The highest BCUT2D eigenvalue weighted by molar-refractivity contribution is 6.32. The maximum absolute atomic E-state index is 12.1. The standard InChI is InChI=1S/C20H20ClN3O5/c1-4-28-20(27)16-7-12(2)24(13(16)3)10-19(26)29-11-18(25)23-15-6-5-14(9-22)17(21)8-15/h5-8H,4,10-11H2,1-3H3,(H,23,25). The van der Waals surface area contributed by atoms with Crippen molar-refractivity contribution >= 4 is 35.1 Å². The van der Waals surface area contributed by atoms with Crippen molar-refractivity contribution in [1.29, 1.82) is 5.26 Å². The highest BCUT2D eigenvalue weighted by atomic mass is 35.5. The molecule has 152 valence electrons. The largest absolute Gasteiger partial charge is 0.462 e. The number of nitrogens with one attached hydrogen (secondary N) is 1. The SMILES string of the molecule is CCOC(=O)c1cc(C)n(CC(=O)OCC(=O)Nc2ccc(C#N)c(Cl)c2)c1C. The van der Waals surface area contributed by atoms with Crippen molar-refractivity contribution in [1.82, 2.24) is 4.57 Å². The predicted octanol–water partition coefficient (Wildman–Crippen LogP) is 2.99. The van der Waals surface area contributed by atoms with Gasteiger partial charge in [-0.15, -0.1) is 0 Å². The first kappa shape index (κ1) is 22.0. The Kier molecular flexibility index (Phi) is 7.39. The van der Waals surface area contributed by atoms with Gasteiger partial charge in [-0.25, -0.2) is 4.79 Å². The first-order valence-electron chi connectivity index (χ1n) is 8.75. The second-order valence-corrected chi connectivity index (χ2v) is 6.51. The lowest BCUT2D eigenvalue weighted by Crippen LogP contribution is -2.23. The number of aryl methyl sites for hydroxylation is 1. The average Bonchev–Trinajstić information content (AvgIpc) is 2.95. The van der Waals surface area contributed by atoms with Crippen LogP contribution in [-0.4, -0.2) is 35.6 Å². The third kappa shape index (κ3) is 5.59. The summed E-state index contributed by atoms with van der Waals surface area (Å²) in [6.45, 7) is 4.79. The molecule has 0 unspecified atom stereocenters. The van der Waals surface area contributed by atoms with E-state index >= 15 is 0 Å². The lowest BCUT2D eigenvalue weighted by atomic mass is 10.2. The molecule has 0 saturated heterocycles. The molecule has 1 aromatic carbocycles. The number of hydrogen-bond donors (Lipinski definition) is 1. The molecular formula is C20H20ClN3O5. The number of carbonyl (C=O) groups is 3. The van der Waals surface area contributed by atoms with Crippen LogP contribution < -0.4 is 5.32 Å². The number of halogens is 1. The zero-order valence-electron chi connectivity index (χ0n) is 16.2. The molecule has 8 nitrogen and oxygen atoms in total. The van der Waals surface area contributed by atoms with E-state index in [-0.39, 0.29) is 23.7 Å². The second-order valence-electron chi connectivity index (χ2n) is 6.11. The van der Waals surface area contributed by atoms with Crippen LogP contribution in [-0.2, 0) is 25.6 Å². The average molecular weight is 418 g/mol. The molecule has 29 heavy (non-hydrogen) atoms. The molecule has 1 amide bonds. The van der Waals surface area contributed by atoms with Crippen molar-refractivity contribution < 1.29 is 23.9 Å². The molecule has 2 aromatic rings. The quantitative estimate of drug-likeness (QED) is 0.693. The summed E-state index contributed by atoms with van der Waals surface area (Å²) in [6, 6.07) is 7.99. The molecule has 0 fully saturated rings. The Morgan fingerprint density at radius 2 is 1.93 bits per heavy atom. The van der Waals surface area contributed by atoms with Gasteiger partial charge in [0.1, 0.15) is 12.6 Å². The minimum absolute atomic E-state index is 0.146. The van der Waals surface area contributed by atoms with Gasteiger partial charge in [0.25, 0.3) is 5.91 Å². The van der Waals surface area contributed by atoms with Crippen LogP contribution in [0.1, 0.15) is 34.2 Å². The number of nitriles is 1. The smallest absolute Gasteiger partial charge is 0.339 e. The molecule has 0 atom stereocenters. The minimum atomic E-state index is -0.629. The molecule has 1 heterocycles. The van der Waals surface area contributed by atoms with E-state index < -0.39 is 24.5 Å². The zero-order valence-corrected chi connectivity index (χ0v) is 17.0. The maximum atomic E-state index is 12.1. The van der Waals surface area contributed by atoms with Gasteiger partial charge in [0.15, 0.2) is 6.61 Å². The summed E-state index contributed by atoms with van der Waals surface area (Å²) in [4.78, 5) is 36.0. The Hall–Kier alpha value is -3.31. The second kappa shape index (κ2) is 9.75. The van der Waals surface area contributed by atoms with E-state index in [1.807, 2.05) is 6.07 Å². The fourth-order valence-electron chi connectivity index (χ4n) is 2.66. The number of ether oxygens (including phenoxy) is 2. The van der Waals surface area contributed by atoms with Crippen LogP contribution in [0.3, 0.4) is 0 Å². The number of esters is 2. The first-order valence-corrected chi connectivity index (χ1v) is 9.13. The zero-order chi connectivity index (χ0) is 21.6. The molecule has 0 radical (unpaired) electrons. The van der Waals surface area contributed by atoms with Gasteiger partial charge in [-0.1, -0.05) is 11.6 Å². The molecule has 1 N–H and O–H groups in total. The predicted molar refractivity (Wildman–Crippen MR) is 106 cm³/mol. The summed E-state index contributed by atoms with van der Waals surface area (Å²) in [5.41, 5.74) is 2.32. The van der Waals surface area contributed by atoms with E-state index in [2.05, 4.69) is 5.32 Å². The number of anilines is 1. The Morgan fingerprint density at radius 3 is 2.55 bits per heavy atom. The summed E-state index contributed by atoms with van der Waals surface area (Å²) in [6.07, 6.45) is 0. The number of aromatic nitrogens is 1. The van der Waals surface area contributed by atoms with Gasteiger partial charge in [-0.05, 0) is 45.0 Å². The van der Waals surface area contributed by atoms with E-state index in [9.17, 15) is 14.4 Å². The van der Waals surface area contributed by atoms with Gasteiger partial charge < -0.3 is 19.4 Å². The van der Waals surface area contributed by atoms with Crippen molar-refractivity contribution in [3.8, 4) is 6.07 Å². The monoisotopic (exact) mass is 417 g/mol. The summed E-state index contributed by atoms with van der Waals surface area (Å²) in [5, 5.41) is 11.6. The van der Waals surface area contributed by atoms with Crippen molar-refractivity contribution in [2.75, 3.05) is 18.5 Å². The van der Waals surface area contributed by atoms with Gasteiger partial charge >= 0.3 is 11.9 Å². The van der Waals surface area contributed by atoms with Crippen LogP contribution in [0.4, 0.5) is 5.69 Å². The molecule has 9 heteroatoms. The Balaban J connectivity index is 1.93. The summed E-state index contributed by atoms with van der Waals surface area (Å²) < 4.78 is 11.6. The number of rotatable bonds is 7. The summed E-state index contributed by atoms with van der Waals surface area (Å²) >= 11 is 5.91. The van der Waals surface area contributed by atoms with Crippen LogP contribution >= 0.6 is 11.6 Å². The van der Waals surface area contributed by atoms with Crippen LogP contribution in [0.2, 0.25) is 5.02 Å². The first-order chi connectivity index (χ1) is 13.8. The topological polar surface area (TPSA) is 110 Å². The highest BCUT2D eigenvalue weighted by Crippen LogP contribution is 2.20. The molecular weight excluding hydrogens is 398 g/mol. The lowest BCUT2D eigenvalue weighted by molar-refractivity contribution is -0.147. The van der Waals surface area contributed by atoms with E-state index in [0.29, 0.717) is 22.6 Å². The van der Waals surface area contributed by atoms with Crippen molar-refractivity contribution in [3.05, 3.63) is 51.8 Å². The van der Waals surface area contributed by atoms with Crippen LogP contribution in [0, 0.1) is 25.2 Å².